The lowest BCUT2D eigenvalue weighted by atomic mass is 10.1. The zero-order valence-corrected chi connectivity index (χ0v) is 14.9. The second-order valence-corrected chi connectivity index (χ2v) is 6.57. The van der Waals surface area contributed by atoms with Crippen LogP contribution in [0.4, 0.5) is 0 Å². The highest BCUT2D eigenvalue weighted by atomic mass is 16.4. The van der Waals surface area contributed by atoms with Crippen LogP contribution in [0.25, 0.3) is 11.3 Å². The Morgan fingerprint density at radius 2 is 2.20 bits per heavy atom. The largest absolute Gasteiger partial charge is 0.441 e. The summed E-state index contributed by atoms with van der Waals surface area (Å²) in [6, 6.07) is 10.3. The molecule has 3 rings (SSSR count). The Morgan fingerprint density at radius 1 is 1.36 bits per heavy atom. The van der Waals surface area contributed by atoms with Crippen LogP contribution in [-0.4, -0.2) is 41.5 Å². The van der Waals surface area contributed by atoms with Gasteiger partial charge < -0.3 is 14.6 Å². The molecule has 1 atom stereocenters. The van der Waals surface area contributed by atoms with Crippen molar-refractivity contribution in [1.82, 2.24) is 15.2 Å². The van der Waals surface area contributed by atoms with E-state index in [0.29, 0.717) is 24.8 Å². The van der Waals surface area contributed by atoms with Crippen molar-refractivity contribution in [2.24, 2.45) is 0 Å². The van der Waals surface area contributed by atoms with E-state index in [4.69, 9.17) is 4.42 Å². The lowest BCUT2D eigenvalue weighted by Crippen LogP contribution is -2.42. The van der Waals surface area contributed by atoms with Gasteiger partial charge in [-0.25, -0.2) is 4.98 Å². The van der Waals surface area contributed by atoms with Crippen molar-refractivity contribution < 1.29 is 9.21 Å². The third-order valence-electron chi connectivity index (χ3n) is 4.65. The third kappa shape index (κ3) is 4.69. The Balaban J connectivity index is 1.50. The Bertz CT molecular complexity index is 663. The van der Waals surface area contributed by atoms with Crippen LogP contribution in [0.3, 0.4) is 0 Å². The normalized spacial score (nSPS) is 16.9. The predicted molar refractivity (Wildman–Crippen MR) is 98.2 cm³/mol. The summed E-state index contributed by atoms with van der Waals surface area (Å²) in [4.78, 5) is 19.0. The second kappa shape index (κ2) is 8.81. The van der Waals surface area contributed by atoms with Gasteiger partial charge in [0.05, 0.1) is 6.20 Å². The molecule has 1 aromatic heterocycles. The summed E-state index contributed by atoms with van der Waals surface area (Å²) in [5.41, 5.74) is 1.03. The Morgan fingerprint density at radius 3 is 2.92 bits per heavy atom. The smallest absolute Gasteiger partial charge is 0.222 e. The van der Waals surface area contributed by atoms with Crippen molar-refractivity contribution in [3.05, 3.63) is 42.4 Å². The van der Waals surface area contributed by atoms with E-state index in [1.54, 1.807) is 6.20 Å². The van der Waals surface area contributed by atoms with Gasteiger partial charge in [-0.3, -0.25) is 4.79 Å². The van der Waals surface area contributed by atoms with Gasteiger partial charge in [-0.15, -0.1) is 0 Å². The number of nitrogens with one attached hydrogen (secondary N) is 1. The van der Waals surface area contributed by atoms with Crippen LogP contribution in [-0.2, 0) is 11.2 Å². The summed E-state index contributed by atoms with van der Waals surface area (Å²) >= 11 is 0. The molecule has 1 aliphatic rings. The van der Waals surface area contributed by atoms with Crippen LogP contribution in [0, 0.1) is 0 Å². The van der Waals surface area contributed by atoms with Crippen molar-refractivity contribution >= 4 is 5.91 Å². The lowest BCUT2D eigenvalue weighted by molar-refractivity contribution is -0.133. The van der Waals surface area contributed by atoms with Crippen LogP contribution < -0.4 is 5.32 Å². The molecule has 134 valence electrons. The Labute approximate surface area is 149 Å². The van der Waals surface area contributed by atoms with Gasteiger partial charge in [-0.1, -0.05) is 37.3 Å². The topological polar surface area (TPSA) is 58.4 Å². The summed E-state index contributed by atoms with van der Waals surface area (Å²) in [7, 11) is 0. The summed E-state index contributed by atoms with van der Waals surface area (Å²) in [6.07, 6.45) is 5.85. The number of carbonyl (C=O) groups excluding carboxylic acids is 1. The Kier molecular flexibility index (Phi) is 6.23. The van der Waals surface area contributed by atoms with Gasteiger partial charge in [-0.05, 0) is 25.8 Å². The minimum atomic E-state index is 0.255. The van der Waals surface area contributed by atoms with Crippen molar-refractivity contribution in [1.29, 1.82) is 0 Å². The Hall–Kier alpha value is -2.14. The average Bonchev–Trinajstić information content (AvgIpc) is 3.32. The van der Waals surface area contributed by atoms with Crippen molar-refractivity contribution in [2.45, 2.75) is 45.1 Å². The fourth-order valence-corrected chi connectivity index (χ4v) is 3.35. The van der Waals surface area contributed by atoms with E-state index < -0.39 is 0 Å². The molecule has 1 aromatic carbocycles. The standard InChI is InChI=1S/C20H27N3O2/c1-2-13-23(17-11-12-21-14-17)20(24)10-6-9-19-22-15-18(25-19)16-7-4-3-5-8-16/h3-5,7-8,15,17,21H,2,6,9-14H2,1H3. The molecule has 5 heteroatoms. The van der Waals surface area contributed by atoms with E-state index in [2.05, 4.69) is 22.1 Å². The quantitative estimate of drug-likeness (QED) is 0.801. The van der Waals surface area contributed by atoms with Crippen LogP contribution in [0.5, 0.6) is 0 Å². The van der Waals surface area contributed by atoms with Crippen LogP contribution in [0.1, 0.15) is 38.5 Å². The van der Waals surface area contributed by atoms with E-state index >= 15 is 0 Å². The van der Waals surface area contributed by atoms with Crippen molar-refractivity contribution in [3.8, 4) is 11.3 Å². The van der Waals surface area contributed by atoms with E-state index in [9.17, 15) is 4.79 Å². The van der Waals surface area contributed by atoms with Gasteiger partial charge in [0.15, 0.2) is 11.7 Å². The minimum Gasteiger partial charge on any atom is -0.441 e. The average molecular weight is 341 g/mol. The molecular weight excluding hydrogens is 314 g/mol. The van der Waals surface area contributed by atoms with Crippen molar-refractivity contribution in [2.75, 3.05) is 19.6 Å². The molecule has 5 nitrogen and oxygen atoms in total. The fraction of sp³-hybridized carbons (Fsp3) is 0.500. The SMILES string of the molecule is CCCN(C(=O)CCCc1ncc(-c2ccccc2)o1)C1CCNC1. The number of amides is 1. The first-order valence-corrected chi connectivity index (χ1v) is 9.28. The zero-order valence-electron chi connectivity index (χ0n) is 14.9. The first kappa shape index (κ1) is 17.7. The number of oxazole rings is 1. The van der Waals surface area contributed by atoms with Crippen molar-refractivity contribution in [3.63, 3.8) is 0 Å². The number of aryl methyl sites for hydroxylation is 1. The summed E-state index contributed by atoms with van der Waals surface area (Å²) < 4.78 is 5.81. The molecule has 0 bridgehead atoms. The molecule has 25 heavy (non-hydrogen) atoms. The maximum absolute atomic E-state index is 12.6. The first-order chi connectivity index (χ1) is 12.3. The van der Waals surface area contributed by atoms with Gasteiger partial charge >= 0.3 is 0 Å². The van der Waals surface area contributed by atoms with Crippen LogP contribution in [0.15, 0.2) is 40.9 Å². The zero-order chi connectivity index (χ0) is 17.5. The van der Waals surface area contributed by atoms with Gasteiger partial charge in [-0.2, -0.15) is 0 Å². The third-order valence-corrected chi connectivity index (χ3v) is 4.65. The molecule has 1 unspecified atom stereocenters. The highest BCUT2D eigenvalue weighted by Gasteiger charge is 2.25. The van der Waals surface area contributed by atoms with E-state index in [1.807, 2.05) is 30.3 Å². The molecule has 1 saturated heterocycles. The number of benzene rings is 1. The van der Waals surface area contributed by atoms with Crippen LogP contribution in [0.2, 0.25) is 0 Å². The van der Waals surface area contributed by atoms with E-state index in [1.165, 1.54) is 0 Å². The lowest BCUT2D eigenvalue weighted by Gasteiger charge is -2.28. The molecule has 1 aliphatic heterocycles. The van der Waals surface area contributed by atoms with Gasteiger partial charge in [0.2, 0.25) is 5.91 Å². The molecule has 0 aliphatic carbocycles. The number of hydrogen-bond donors (Lipinski definition) is 1. The molecule has 0 radical (unpaired) electrons. The van der Waals surface area contributed by atoms with E-state index in [-0.39, 0.29) is 5.91 Å². The number of rotatable bonds is 8. The molecule has 2 heterocycles. The number of aromatic nitrogens is 1. The summed E-state index contributed by atoms with van der Waals surface area (Å²) in [6.45, 7) is 4.91. The molecular formula is C20H27N3O2. The highest BCUT2D eigenvalue weighted by Crippen LogP contribution is 2.20. The molecule has 1 fully saturated rings. The maximum Gasteiger partial charge on any atom is 0.222 e. The van der Waals surface area contributed by atoms with E-state index in [0.717, 1.165) is 50.2 Å². The fourth-order valence-electron chi connectivity index (χ4n) is 3.35. The predicted octanol–water partition coefficient (Wildman–Crippen LogP) is 3.26. The number of carbonyl (C=O) groups is 1. The van der Waals surface area contributed by atoms with Gasteiger partial charge in [0, 0.05) is 37.5 Å². The molecule has 0 saturated carbocycles. The molecule has 0 spiro atoms. The van der Waals surface area contributed by atoms with Gasteiger partial charge in [0.25, 0.3) is 0 Å². The monoisotopic (exact) mass is 341 g/mol. The summed E-state index contributed by atoms with van der Waals surface area (Å²) in [5, 5.41) is 3.35. The summed E-state index contributed by atoms with van der Waals surface area (Å²) in [5.74, 6) is 1.74. The first-order valence-electron chi connectivity index (χ1n) is 9.28. The highest BCUT2D eigenvalue weighted by molar-refractivity contribution is 5.76. The number of hydrogen-bond acceptors (Lipinski definition) is 4. The van der Waals surface area contributed by atoms with Gasteiger partial charge in [0.1, 0.15) is 0 Å². The number of nitrogens with zero attached hydrogens (tertiary/aromatic N) is 2. The maximum atomic E-state index is 12.6. The minimum absolute atomic E-state index is 0.255. The second-order valence-electron chi connectivity index (χ2n) is 6.57. The molecule has 1 amide bonds. The molecule has 1 N–H and O–H groups in total. The van der Waals surface area contributed by atoms with Crippen LogP contribution >= 0.6 is 0 Å². The molecule has 2 aromatic rings.